The van der Waals surface area contributed by atoms with Gasteiger partial charge in [0.25, 0.3) is 5.91 Å². The third kappa shape index (κ3) is 4.18. The van der Waals surface area contributed by atoms with Crippen molar-refractivity contribution in [1.82, 2.24) is 10.3 Å². The first-order valence-corrected chi connectivity index (χ1v) is 7.72. The van der Waals surface area contributed by atoms with Crippen molar-refractivity contribution in [3.63, 3.8) is 0 Å². The lowest BCUT2D eigenvalue weighted by Crippen LogP contribution is -2.34. The van der Waals surface area contributed by atoms with E-state index in [4.69, 9.17) is 5.11 Å². The molecular formula is C14H25N3O2S. The van der Waals surface area contributed by atoms with Crippen LogP contribution >= 0.6 is 11.3 Å². The number of nitrogens with zero attached hydrogens (tertiary/aromatic N) is 2. The number of nitrogens with one attached hydrogen (secondary N) is 1. The van der Waals surface area contributed by atoms with Crippen LogP contribution < -0.4 is 10.2 Å². The van der Waals surface area contributed by atoms with Crippen molar-refractivity contribution in [2.24, 2.45) is 5.92 Å². The quantitative estimate of drug-likeness (QED) is 0.874. The number of thiazole rings is 1. The van der Waals surface area contributed by atoms with Crippen LogP contribution in [0.1, 0.15) is 44.1 Å². The standard InChI is InChI=1S/C13H21N3O2S.CH4/c1-2-5-14-12(18)11-9-19-13(15-11)16-6-3-10(8-17)4-7-16;/h9-10,17H,2-8H2,1H3,(H,14,18);1H4. The summed E-state index contributed by atoms with van der Waals surface area (Å²) < 4.78 is 0. The van der Waals surface area contributed by atoms with E-state index in [0.29, 0.717) is 18.2 Å². The van der Waals surface area contributed by atoms with Crippen LogP contribution in [-0.2, 0) is 0 Å². The average molecular weight is 299 g/mol. The van der Waals surface area contributed by atoms with Gasteiger partial charge in [-0.25, -0.2) is 4.98 Å². The van der Waals surface area contributed by atoms with Gasteiger partial charge in [-0.15, -0.1) is 11.3 Å². The second-order valence-electron chi connectivity index (χ2n) is 4.88. The number of carbonyl (C=O) groups is 1. The largest absolute Gasteiger partial charge is 0.396 e. The Morgan fingerprint density at radius 2 is 2.25 bits per heavy atom. The number of amides is 1. The summed E-state index contributed by atoms with van der Waals surface area (Å²) in [6.45, 7) is 4.81. The minimum atomic E-state index is -0.0883. The van der Waals surface area contributed by atoms with Gasteiger partial charge in [-0.3, -0.25) is 4.79 Å². The number of aromatic nitrogens is 1. The molecule has 2 N–H and O–H groups in total. The first-order valence-electron chi connectivity index (χ1n) is 6.84. The fourth-order valence-electron chi connectivity index (χ4n) is 2.15. The minimum absolute atomic E-state index is 0. The summed E-state index contributed by atoms with van der Waals surface area (Å²) >= 11 is 1.52. The number of aliphatic hydroxyl groups excluding tert-OH is 1. The molecule has 1 aliphatic heterocycles. The zero-order valence-electron chi connectivity index (χ0n) is 11.3. The molecule has 0 radical (unpaired) electrons. The fourth-order valence-corrected chi connectivity index (χ4v) is 3.01. The first-order chi connectivity index (χ1) is 9.24. The molecule has 0 spiro atoms. The van der Waals surface area contributed by atoms with Crippen LogP contribution in [-0.4, -0.2) is 42.2 Å². The van der Waals surface area contributed by atoms with Gasteiger partial charge in [0, 0.05) is 31.6 Å². The summed E-state index contributed by atoms with van der Waals surface area (Å²) in [5.74, 6) is 0.332. The Bertz CT molecular complexity index is 414. The second-order valence-corrected chi connectivity index (χ2v) is 5.72. The zero-order chi connectivity index (χ0) is 13.7. The molecule has 2 heterocycles. The third-order valence-electron chi connectivity index (χ3n) is 3.40. The summed E-state index contributed by atoms with van der Waals surface area (Å²) in [6, 6.07) is 0. The van der Waals surface area contributed by atoms with Crippen molar-refractivity contribution in [3.05, 3.63) is 11.1 Å². The van der Waals surface area contributed by atoms with Crippen LogP contribution in [0, 0.1) is 5.92 Å². The van der Waals surface area contributed by atoms with Crippen molar-refractivity contribution in [2.45, 2.75) is 33.6 Å². The molecule has 114 valence electrons. The Kier molecular flexibility index (Phi) is 6.95. The number of aliphatic hydroxyl groups is 1. The van der Waals surface area contributed by atoms with Gasteiger partial charge in [0.15, 0.2) is 5.13 Å². The van der Waals surface area contributed by atoms with Crippen molar-refractivity contribution in [3.8, 4) is 0 Å². The highest BCUT2D eigenvalue weighted by molar-refractivity contribution is 7.13. The molecule has 0 bridgehead atoms. The minimum Gasteiger partial charge on any atom is -0.396 e. The predicted octanol–water partition coefficient (Wildman–Crippen LogP) is 2.13. The van der Waals surface area contributed by atoms with E-state index in [1.165, 1.54) is 11.3 Å². The van der Waals surface area contributed by atoms with Crippen LogP contribution in [0.3, 0.4) is 0 Å². The van der Waals surface area contributed by atoms with Crippen LogP contribution in [0.4, 0.5) is 5.13 Å². The zero-order valence-corrected chi connectivity index (χ0v) is 12.1. The van der Waals surface area contributed by atoms with E-state index in [2.05, 4.69) is 15.2 Å². The molecule has 20 heavy (non-hydrogen) atoms. The van der Waals surface area contributed by atoms with Gasteiger partial charge in [-0.1, -0.05) is 14.4 Å². The van der Waals surface area contributed by atoms with Crippen LogP contribution in [0.2, 0.25) is 0 Å². The normalized spacial score (nSPS) is 15.8. The Hall–Kier alpha value is -1.14. The molecule has 0 saturated carbocycles. The Balaban J connectivity index is 0.00000200. The van der Waals surface area contributed by atoms with Crippen molar-refractivity contribution >= 4 is 22.4 Å². The fraction of sp³-hybridized carbons (Fsp3) is 0.714. The SMILES string of the molecule is C.CCCNC(=O)c1csc(N2CCC(CO)CC2)n1. The molecule has 1 amide bonds. The summed E-state index contributed by atoms with van der Waals surface area (Å²) in [5.41, 5.74) is 0.512. The molecule has 1 aromatic heterocycles. The molecule has 6 heteroatoms. The topological polar surface area (TPSA) is 65.5 Å². The molecule has 1 saturated heterocycles. The lowest BCUT2D eigenvalue weighted by Gasteiger charge is -2.30. The lowest BCUT2D eigenvalue weighted by atomic mass is 9.98. The van der Waals surface area contributed by atoms with Crippen molar-refractivity contribution in [2.75, 3.05) is 31.1 Å². The number of piperidine rings is 1. The van der Waals surface area contributed by atoms with Gasteiger partial charge in [0.05, 0.1) is 0 Å². The number of carbonyl (C=O) groups excluding carboxylic acids is 1. The van der Waals surface area contributed by atoms with Gasteiger partial charge in [0.2, 0.25) is 0 Å². The van der Waals surface area contributed by atoms with E-state index in [1.807, 2.05) is 12.3 Å². The highest BCUT2D eigenvalue weighted by Crippen LogP contribution is 2.26. The maximum absolute atomic E-state index is 11.8. The van der Waals surface area contributed by atoms with Crippen molar-refractivity contribution < 1.29 is 9.90 Å². The monoisotopic (exact) mass is 299 g/mol. The number of hydrogen-bond donors (Lipinski definition) is 2. The molecule has 1 aliphatic rings. The van der Waals surface area contributed by atoms with Gasteiger partial charge < -0.3 is 15.3 Å². The van der Waals surface area contributed by atoms with E-state index >= 15 is 0 Å². The van der Waals surface area contributed by atoms with E-state index in [1.54, 1.807) is 0 Å². The van der Waals surface area contributed by atoms with Crippen LogP contribution in [0.25, 0.3) is 0 Å². The Labute approximate surface area is 125 Å². The number of rotatable bonds is 5. The molecule has 1 aromatic rings. The smallest absolute Gasteiger partial charge is 0.270 e. The molecule has 1 fully saturated rings. The van der Waals surface area contributed by atoms with Crippen LogP contribution in [0.5, 0.6) is 0 Å². The molecule has 0 aliphatic carbocycles. The maximum Gasteiger partial charge on any atom is 0.270 e. The summed E-state index contributed by atoms with van der Waals surface area (Å²) in [6.07, 6.45) is 2.91. The number of anilines is 1. The summed E-state index contributed by atoms with van der Waals surface area (Å²) in [5, 5.41) is 14.7. The van der Waals surface area contributed by atoms with E-state index in [0.717, 1.165) is 37.5 Å². The van der Waals surface area contributed by atoms with Crippen molar-refractivity contribution in [1.29, 1.82) is 0 Å². The highest BCUT2D eigenvalue weighted by atomic mass is 32.1. The van der Waals surface area contributed by atoms with Gasteiger partial charge in [-0.05, 0) is 25.2 Å². The predicted molar refractivity (Wildman–Crippen MR) is 83.5 cm³/mol. The third-order valence-corrected chi connectivity index (χ3v) is 4.30. The molecule has 0 unspecified atom stereocenters. The molecule has 2 rings (SSSR count). The first kappa shape index (κ1) is 16.9. The van der Waals surface area contributed by atoms with Crippen LogP contribution in [0.15, 0.2) is 5.38 Å². The van der Waals surface area contributed by atoms with Gasteiger partial charge in [0.1, 0.15) is 5.69 Å². The average Bonchev–Trinajstić information content (AvgIpc) is 2.94. The second kappa shape index (κ2) is 8.21. The molecule has 0 aromatic carbocycles. The lowest BCUT2D eigenvalue weighted by molar-refractivity contribution is 0.0949. The maximum atomic E-state index is 11.8. The Morgan fingerprint density at radius 1 is 1.55 bits per heavy atom. The Morgan fingerprint density at radius 3 is 2.85 bits per heavy atom. The summed E-state index contributed by atoms with van der Waals surface area (Å²) in [7, 11) is 0. The summed E-state index contributed by atoms with van der Waals surface area (Å²) in [4.78, 5) is 18.4. The molecule has 5 nitrogen and oxygen atoms in total. The molecule has 0 atom stereocenters. The van der Waals surface area contributed by atoms with E-state index < -0.39 is 0 Å². The van der Waals surface area contributed by atoms with Gasteiger partial charge in [-0.2, -0.15) is 0 Å². The van der Waals surface area contributed by atoms with Gasteiger partial charge >= 0.3 is 0 Å². The highest BCUT2D eigenvalue weighted by Gasteiger charge is 2.21. The molecular weight excluding hydrogens is 274 g/mol. The van der Waals surface area contributed by atoms with E-state index in [-0.39, 0.29) is 19.9 Å². The number of hydrogen-bond acceptors (Lipinski definition) is 5. The van der Waals surface area contributed by atoms with E-state index in [9.17, 15) is 4.79 Å².